The Balaban J connectivity index is 2.50. The van der Waals surface area contributed by atoms with Crippen LogP contribution in [-0.2, 0) is 4.79 Å². The lowest BCUT2D eigenvalue weighted by Gasteiger charge is -2.13. The van der Waals surface area contributed by atoms with Gasteiger partial charge in [-0.1, -0.05) is 29.3 Å². The first-order valence-electron chi connectivity index (χ1n) is 6.47. The fourth-order valence-corrected chi connectivity index (χ4v) is 2.02. The van der Waals surface area contributed by atoms with Gasteiger partial charge in [-0.15, -0.1) is 0 Å². The fraction of sp³-hybridized carbons (Fsp3) is 0.429. The zero-order valence-electron chi connectivity index (χ0n) is 11.6. The minimum atomic E-state index is -0.883. The highest BCUT2D eigenvalue weighted by atomic mass is 79.9. The molecule has 1 aromatic carbocycles. The Kier molecular flexibility index (Phi) is 6.51. The van der Waals surface area contributed by atoms with Crippen LogP contribution in [0.1, 0.15) is 25.3 Å². The lowest BCUT2D eigenvalue weighted by Crippen LogP contribution is -2.35. The van der Waals surface area contributed by atoms with E-state index < -0.39 is 17.9 Å². The third-order valence-corrected chi connectivity index (χ3v) is 3.80. The summed E-state index contributed by atoms with van der Waals surface area (Å²) in [5, 5.41) is 14.3. The average Bonchev–Trinajstić information content (AvgIpc) is 2.38. The van der Waals surface area contributed by atoms with Crippen LogP contribution in [0.3, 0.4) is 0 Å². The molecular formula is C14H19BrN2O3. The number of aliphatic carboxylic acids is 1. The number of benzene rings is 1. The van der Waals surface area contributed by atoms with Crippen LogP contribution in [0.5, 0.6) is 0 Å². The minimum absolute atomic E-state index is 0.129. The van der Waals surface area contributed by atoms with E-state index in [2.05, 4.69) is 26.6 Å². The summed E-state index contributed by atoms with van der Waals surface area (Å²) in [6, 6.07) is 5.07. The molecule has 3 N–H and O–H groups in total. The van der Waals surface area contributed by atoms with Crippen LogP contribution in [0.2, 0.25) is 0 Å². The third-order valence-electron chi connectivity index (χ3n) is 2.91. The van der Waals surface area contributed by atoms with Gasteiger partial charge < -0.3 is 15.7 Å². The molecule has 20 heavy (non-hydrogen) atoms. The zero-order valence-corrected chi connectivity index (χ0v) is 13.2. The monoisotopic (exact) mass is 342 g/mol. The second-order valence-electron chi connectivity index (χ2n) is 4.62. The second-order valence-corrected chi connectivity index (χ2v) is 5.48. The molecule has 1 atom stereocenters. The summed E-state index contributed by atoms with van der Waals surface area (Å²) in [7, 11) is 0. The Morgan fingerprint density at radius 3 is 2.65 bits per heavy atom. The summed E-state index contributed by atoms with van der Waals surface area (Å²) in [5.74, 6) is -1.43. The summed E-state index contributed by atoms with van der Waals surface area (Å²) in [4.78, 5) is 22.7. The van der Waals surface area contributed by atoms with Crippen LogP contribution in [0, 0.1) is 12.8 Å². The summed E-state index contributed by atoms with van der Waals surface area (Å²) in [5.41, 5.74) is 1.68. The van der Waals surface area contributed by atoms with E-state index in [4.69, 9.17) is 5.11 Å². The minimum Gasteiger partial charge on any atom is -0.481 e. The SMILES string of the molecule is CCCC(CNC(=O)Nc1ccc(Br)c(C)c1)C(=O)O. The van der Waals surface area contributed by atoms with Gasteiger partial charge in [0, 0.05) is 16.7 Å². The van der Waals surface area contributed by atoms with E-state index in [9.17, 15) is 9.59 Å². The summed E-state index contributed by atoms with van der Waals surface area (Å²) in [6.45, 7) is 3.97. The van der Waals surface area contributed by atoms with Crippen molar-refractivity contribution in [2.45, 2.75) is 26.7 Å². The van der Waals surface area contributed by atoms with Gasteiger partial charge >= 0.3 is 12.0 Å². The lowest BCUT2D eigenvalue weighted by atomic mass is 10.0. The van der Waals surface area contributed by atoms with Gasteiger partial charge in [-0.25, -0.2) is 4.79 Å². The summed E-state index contributed by atoms with van der Waals surface area (Å²) < 4.78 is 0.970. The highest BCUT2D eigenvalue weighted by Crippen LogP contribution is 2.19. The summed E-state index contributed by atoms with van der Waals surface area (Å²) in [6.07, 6.45) is 1.32. The van der Waals surface area contributed by atoms with Crippen molar-refractivity contribution in [3.8, 4) is 0 Å². The van der Waals surface area contributed by atoms with Crippen molar-refractivity contribution in [2.24, 2.45) is 5.92 Å². The number of nitrogens with one attached hydrogen (secondary N) is 2. The molecule has 110 valence electrons. The quantitative estimate of drug-likeness (QED) is 0.741. The maximum absolute atomic E-state index is 11.7. The molecule has 0 aliphatic heterocycles. The first kappa shape index (κ1) is 16.5. The van der Waals surface area contributed by atoms with Crippen LogP contribution < -0.4 is 10.6 Å². The van der Waals surface area contributed by atoms with Crippen molar-refractivity contribution in [1.82, 2.24) is 5.32 Å². The molecule has 0 aromatic heterocycles. The van der Waals surface area contributed by atoms with Crippen LogP contribution in [0.25, 0.3) is 0 Å². The Hall–Kier alpha value is -1.56. The molecule has 0 aliphatic carbocycles. The first-order chi connectivity index (χ1) is 9.43. The second kappa shape index (κ2) is 7.89. The Morgan fingerprint density at radius 2 is 2.10 bits per heavy atom. The molecule has 6 heteroatoms. The normalized spacial score (nSPS) is 11.8. The van der Waals surface area contributed by atoms with E-state index in [1.807, 2.05) is 26.0 Å². The number of anilines is 1. The largest absolute Gasteiger partial charge is 0.481 e. The topological polar surface area (TPSA) is 78.4 Å². The molecule has 0 heterocycles. The predicted octanol–water partition coefficient (Wildman–Crippen LogP) is 3.38. The zero-order chi connectivity index (χ0) is 15.1. The van der Waals surface area contributed by atoms with E-state index in [0.29, 0.717) is 12.1 Å². The van der Waals surface area contributed by atoms with Gasteiger partial charge in [0.05, 0.1) is 5.92 Å². The van der Waals surface area contributed by atoms with Gasteiger partial charge in [0.15, 0.2) is 0 Å². The number of hydrogen-bond donors (Lipinski definition) is 3. The summed E-state index contributed by atoms with van der Waals surface area (Å²) >= 11 is 3.38. The number of aryl methyl sites for hydroxylation is 1. The molecule has 0 radical (unpaired) electrons. The number of carbonyl (C=O) groups excluding carboxylic acids is 1. The van der Waals surface area contributed by atoms with Crippen molar-refractivity contribution >= 4 is 33.6 Å². The smallest absolute Gasteiger partial charge is 0.319 e. The van der Waals surface area contributed by atoms with Gasteiger partial charge in [-0.2, -0.15) is 0 Å². The van der Waals surface area contributed by atoms with Crippen molar-refractivity contribution in [1.29, 1.82) is 0 Å². The van der Waals surface area contributed by atoms with Gasteiger partial charge in [-0.05, 0) is 37.1 Å². The molecule has 0 spiro atoms. The number of carbonyl (C=O) groups is 2. The van der Waals surface area contributed by atoms with Crippen LogP contribution in [0.4, 0.5) is 10.5 Å². The number of amides is 2. The van der Waals surface area contributed by atoms with Crippen molar-refractivity contribution in [3.63, 3.8) is 0 Å². The number of urea groups is 1. The van der Waals surface area contributed by atoms with Gasteiger partial charge in [0.1, 0.15) is 0 Å². The molecule has 0 saturated carbocycles. The number of halogens is 1. The van der Waals surface area contributed by atoms with Crippen LogP contribution in [0.15, 0.2) is 22.7 Å². The highest BCUT2D eigenvalue weighted by Gasteiger charge is 2.17. The van der Waals surface area contributed by atoms with Crippen molar-refractivity contribution < 1.29 is 14.7 Å². The van der Waals surface area contributed by atoms with Crippen LogP contribution in [-0.4, -0.2) is 23.7 Å². The molecular weight excluding hydrogens is 324 g/mol. The van der Waals surface area contributed by atoms with Crippen molar-refractivity contribution in [3.05, 3.63) is 28.2 Å². The number of carboxylic acids is 1. The molecule has 2 amide bonds. The maximum atomic E-state index is 11.7. The Morgan fingerprint density at radius 1 is 1.40 bits per heavy atom. The third kappa shape index (κ3) is 5.21. The predicted molar refractivity (Wildman–Crippen MR) is 81.9 cm³/mol. The maximum Gasteiger partial charge on any atom is 0.319 e. The number of hydrogen-bond acceptors (Lipinski definition) is 2. The van der Waals surface area contributed by atoms with E-state index in [1.54, 1.807) is 6.07 Å². The first-order valence-corrected chi connectivity index (χ1v) is 7.27. The Labute approximate surface area is 126 Å². The molecule has 0 saturated heterocycles. The molecule has 0 bridgehead atoms. The highest BCUT2D eigenvalue weighted by molar-refractivity contribution is 9.10. The standard InChI is InChI=1S/C14H19BrN2O3/c1-3-4-10(13(18)19)8-16-14(20)17-11-5-6-12(15)9(2)7-11/h5-7,10H,3-4,8H2,1-2H3,(H,18,19)(H2,16,17,20). The molecule has 1 unspecified atom stereocenters. The van der Waals surface area contributed by atoms with E-state index in [-0.39, 0.29) is 6.54 Å². The van der Waals surface area contributed by atoms with Crippen molar-refractivity contribution in [2.75, 3.05) is 11.9 Å². The van der Waals surface area contributed by atoms with Gasteiger partial charge in [0.25, 0.3) is 0 Å². The van der Waals surface area contributed by atoms with Gasteiger partial charge in [0.2, 0.25) is 0 Å². The molecule has 0 aliphatic rings. The molecule has 1 rings (SSSR count). The fourth-order valence-electron chi connectivity index (χ4n) is 1.77. The van der Waals surface area contributed by atoms with Gasteiger partial charge in [-0.3, -0.25) is 4.79 Å². The van der Waals surface area contributed by atoms with E-state index in [0.717, 1.165) is 16.5 Å². The molecule has 1 aromatic rings. The van der Waals surface area contributed by atoms with E-state index in [1.165, 1.54) is 0 Å². The van der Waals surface area contributed by atoms with E-state index >= 15 is 0 Å². The molecule has 0 fully saturated rings. The Bertz CT molecular complexity index is 491. The number of rotatable bonds is 6. The average molecular weight is 343 g/mol. The van der Waals surface area contributed by atoms with Crippen LogP contribution >= 0.6 is 15.9 Å². The molecule has 5 nitrogen and oxygen atoms in total. The number of carboxylic acid groups (broad SMARTS) is 1. The lowest BCUT2D eigenvalue weighted by molar-refractivity contribution is -0.141.